The maximum Gasteiger partial charge on any atom is 0.156 e. The lowest BCUT2D eigenvalue weighted by Gasteiger charge is -2.56. The minimum atomic E-state index is -0.558. The Kier molecular flexibility index (Phi) is 6.16. The first-order valence-corrected chi connectivity index (χ1v) is 16.0. The van der Waals surface area contributed by atoms with Crippen molar-refractivity contribution >= 4 is 5.78 Å². The SMILES string of the molecule is CC12CC(C3CCC(NC4CCCCC4)C4=C3CCC4)C3=C4CCC(=O)C=C4CCC3C1CC[C@]2(C)O. The fourth-order valence-electron chi connectivity index (χ4n) is 10.8. The Labute approximate surface area is 224 Å². The number of rotatable bonds is 3. The number of hydrogen-bond acceptors (Lipinski definition) is 3. The Morgan fingerprint density at radius 1 is 0.811 bits per heavy atom. The van der Waals surface area contributed by atoms with Crippen molar-refractivity contribution in [3.63, 3.8) is 0 Å². The molecule has 3 nitrogen and oxygen atoms in total. The van der Waals surface area contributed by atoms with E-state index < -0.39 is 5.60 Å². The van der Waals surface area contributed by atoms with Crippen LogP contribution in [0, 0.1) is 29.1 Å². The van der Waals surface area contributed by atoms with E-state index in [-0.39, 0.29) is 5.41 Å². The number of hydrogen-bond donors (Lipinski definition) is 2. The van der Waals surface area contributed by atoms with E-state index in [2.05, 4.69) is 19.2 Å². The zero-order valence-corrected chi connectivity index (χ0v) is 23.4. The molecule has 0 aliphatic heterocycles. The molecule has 0 heterocycles. The lowest BCUT2D eigenvalue weighted by Crippen LogP contribution is -2.52. The van der Waals surface area contributed by atoms with Crippen molar-refractivity contribution in [2.24, 2.45) is 29.1 Å². The molecule has 6 unspecified atom stereocenters. The van der Waals surface area contributed by atoms with Crippen LogP contribution in [0.3, 0.4) is 0 Å². The van der Waals surface area contributed by atoms with Crippen LogP contribution in [0.1, 0.15) is 123 Å². The summed E-state index contributed by atoms with van der Waals surface area (Å²) in [6.45, 7) is 4.61. The molecular formula is C34H49NO2. The topological polar surface area (TPSA) is 49.3 Å². The van der Waals surface area contributed by atoms with Gasteiger partial charge in [-0.2, -0.15) is 0 Å². The summed E-state index contributed by atoms with van der Waals surface area (Å²) < 4.78 is 0. The third-order valence-electron chi connectivity index (χ3n) is 12.8. The molecule has 2 N–H and O–H groups in total. The van der Waals surface area contributed by atoms with Gasteiger partial charge in [0.25, 0.3) is 0 Å². The Bertz CT molecular complexity index is 1060. The van der Waals surface area contributed by atoms with Crippen LogP contribution in [0.15, 0.2) is 33.9 Å². The molecule has 3 fully saturated rings. The summed E-state index contributed by atoms with van der Waals surface area (Å²) in [4.78, 5) is 12.4. The molecule has 202 valence electrons. The normalized spacial score (nSPS) is 44.4. The zero-order chi connectivity index (χ0) is 25.4. The maximum atomic E-state index is 12.4. The van der Waals surface area contributed by atoms with Crippen molar-refractivity contribution < 1.29 is 9.90 Å². The Balaban J connectivity index is 1.28. The summed E-state index contributed by atoms with van der Waals surface area (Å²) >= 11 is 0. The average Bonchev–Trinajstić information content (AvgIpc) is 3.47. The zero-order valence-electron chi connectivity index (χ0n) is 23.4. The quantitative estimate of drug-likeness (QED) is 0.396. The van der Waals surface area contributed by atoms with Gasteiger partial charge in [-0.3, -0.25) is 4.79 Å². The predicted molar refractivity (Wildman–Crippen MR) is 149 cm³/mol. The summed E-state index contributed by atoms with van der Waals surface area (Å²) in [6.07, 6.45) is 22.7. The van der Waals surface area contributed by atoms with Gasteiger partial charge in [-0.25, -0.2) is 0 Å². The van der Waals surface area contributed by atoms with Crippen molar-refractivity contribution in [2.75, 3.05) is 0 Å². The van der Waals surface area contributed by atoms with Gasteiger partial charge in [0.1, 0.15) is 0 Å². The molecule has 3 saturated carbocycles. The number of fused-ring (bicyclic) bond motifs is 4. The summed E-state index contributed by atoms with van der Waals surface area (Å²) in [6, 6.07) is 1.34. The number of carbonyl (C=O) groups excluding carboxylic acids is 1. The minimum Gasteiger partial charge on any atom is -0.390 e. The number of nitrogens with one attached hydrogen (secondary N) is 1. The fourth-order valence-corrected chi connectivity index (χ4v) is 10.8. The lowest BCUT2D eigenvalue weighted by molar-refractivity contribution is -0.114. The van der Waals surface area contributed by atoms with E-state index in [0.29, 0.717) is 41.9 Å². The molecule has 0 aromatic carbocycles. The highest BCUT2D eigenvalue weighted by atomic mass is 16.3. The van der Waals surface area contributed by atoms with Crippen LogP contribution < -0.4 is 5.32 Å². The molecule has 0 aromatic rings. The lowest BCUT2D eigenvalue weighted by atomic mass is 9.49. The van der Waals surface area contributed by atoms with E-state index in [1.54, 1.807) is 16.7 Å². The van der Waals surface area contributed by atoms with Gasteiger partial charge >= 0.3 is 0 Å². The van der Waals surface area contributed by atoms with E-state index in [1.807, 2.05) is 11.6 Å². The van der Waals surface area contributed by atoms with Gasteiger partial charge in [0.05, 0.1) is 5.60 Å². The molecule has 0 bridgehead atoms. The van der Waals surface area contributed by atoms with Gasteiger partial charge in [-0.05, 0) is 131 Å². The second kappa shape index (κ2) is 9.19. The van der Waals surface area contributed by atoms with Crippen molar-refractivity contribution in [1.29, 1.82) is 0 Å². The number of allylic oxidation sites excluding steroid dienone is 5. The summed E-state index contributed by atoms with van der Waals surface area (Å²) in [5.74, 6) is 2.76. The second-order valence-corrected chi connectivity index (χ2v) is 14.5. The summed E-state index contributed by atoms with van der Waals surface area (Å²) in [5, 5.41) is 15.9. The van der Waals surface area contributed by atoms with Crippen LogP contribution in [-0.4, -0.2) is 28.6 Å². The molecule has 7 rings (SSSR count). The highest BCUT2D eigenvalue weighted by Crippen LogP contribution is 2.67. The van der Waals surface area contributed by atoms with E-state index in [1.165, 1.54) is 82.6 Å². The van der Waals surface area contributed by atoms with Crippen LogP contribution in [-0.2, 0) is 4.79 Å². The van der Waals surface area contributed by atoms with Gasteiger partial charge in [0.2, 0.25) is 0 Å². The molecule has 7 aliphatic carbocycles. The Morgan fingerprint density at radius 3 is 2.46 bits per heavy atom. The number of carbonyl (C=O) groups is 1. The predicted octanol–water partition coefficient (Wildman–Crippen LogP) is 7.35. The van der Waals surface area contributed by atoms with E-state index in [9.17, 15) is 9.90 Å². The van der Waals surface area contributed by atoms with Gasteiger partial charge < -0.3 is 10.4 Å². The van der Waals surface area contributed by atoms with Crippen LogP contribution >= 0.6 is 0 Å². The van der Waals surface area contributed by atoms with Crippen LogP contribution in [0.2, 0.25) is 0 Å². The first kappa shape index (κ1) is 24.8. The maximum absolute atomic E-state index is 12.4. The molecule has 0 aromatic heterocycles. The smallest absolute Gasteiger partial charge is 0.156 e. The van der Waals surface area contributed by atoms with E-state index in [0.717, 1.165) is 31.7 Å². The fraction of sp³-hybridized carbons (Fsp3) is 0.794. The summed E-state index contributed by atoms with van der Waals surface area (Å²) in [7, 11) is 0. The first-order valence-electron chi connectivity index (χ1n) is 16.0. The number of aliphatic hydroxyl groups is 1. The third kappa shape index (κ3) is 3.92. The van der Waals surface area contributed by atoms with Gasteiger partial charge in [-0.1, -0.05) is 42.9 Å². The molecule has 37 heavy (non-hydrogen) atoms. The monoisotopic (exact) mass is 503 g/mol. The third-order valence-corrected chi connectivity index (χ3v) is 12.8. The Morgan fingerprint density at radius 2 is 1.62 bits per heavy atom. The summed E-state index contributed by atoms with van der Waals surface area (Å²) in [5.41, 5.74) is 7.81. The molecule has 0 spiro atoms. The first-order chi connectivity index (χ1) is 17.9. The largest absolute Gasteiger partial charge is 0.390 e. The van der Waals surface area contributed by atoms with Crippen molar-refractivity contribution in [3.8, 4) is 0 Å². The molecular weight excluding hydrogens is 454 g/mol. The van der Waals surface area contributed by atoms with Crippen molar-refractivity contribution in [2.45, 2.75) is 141 Å². The molecule has 0 radical (unpaired) electrons. The number of ketones is 1. The van der Waals surface area contributed by atoms with Gasteiger partial charge in [0.15, 0.2) is 5.78 Å². The molecule has 0 saturated heterocycles. The standard InChI is InChI=1S/C34H49NO2/c1-33-20-29(26-15-16-31(27-10-6-9-25(26)27)35-22-7-4-3-5-8-22)32-24-14-12-23(36)19-21(24)11-13-28(32)30(33)17-18-34(33,2)37/h19,22,26,28-31,35,37H,3-18,20H2,1-2H3/t26?,28?,29?,30?,31?,33?,34-/m0/s1. The minimum absolute atomic E-state index is 0.00855. The Hall–Kier alpha value is -1.19. The highest BCUT2D eigenvalue weighted by Gasteiger charge is 2.62. The van der Waals surface area contributed by atoms with Gasteiger partial charge in [-0.15, -0.1) is 0 Å². The molecule has 7 atom stereocenters. The second-order valence-electron chi connectivity index (χ2n) is 14.5. The molecule has 0 amide bonds. The van der Waals surface area contributed by atoms with Crippen LogP contribution in [0.25, 0.3) is 0 Å². The van der Waals surface area contributed by atoms with Crippen molar-refractivity contribution in [1.82, 2.24) is 5.32 Å². The van der Waals surface area contributed by atoms with Gasteiger partial charge in [0, 0.05) is 23.9 Å². The van der Waals surface area contributed by atoms with E-state index >= 15 is 0 Å². The van der Waals surface area contributed by atoms with Crippen LogP contribution in [0.5, 0.6) is 0 Å². The average molecular weight is 504 g/mol. The molecule has 7 aliphatic rings. The van der Waals surface area contributed by atoms with Crippen molar-refractivity contribution in [3.05, 3.63) is 33.9 Å². The molecule has 3 heteroatoms. The van der Waals surface area contributed by atoms with Crippen LogP contribution in [0.4, 0.5) is 0 Å². The highest BCUT2D eigenvalue weighted by molar-refractivity contribution is 5.93. The van der Waals surface area contributed by atoms with E-state index in [4.69, 9.17) is 0 Å².